The molecule has 1 amide bonds. The maximum atomic E-state index is 12.5. The Morgan fingerprint density at radius 2 is 2.07 bits per heavy atom. The summed E-state index contributed by atoms with van der Waals surface area (Å²) in [4.78, 5) is 21.3. The second kappa shape index (κ2) is 4.98. The molecule has 3 aromatic rings. The lowest BCUT2D eigenvalue weighted by Gasteiger charge is -2.04. The minimum atomic E-state index is -3.22. The topological polar surface area (TPSA) is 115 Å². The van der Waals surface area contributed by atoms with E-state index in [4.69, 9.17) is 8.83 Å². The van der Waals surface area contributed by atoms with E-state index in [0.29, 0.717) is 11.6 Å². The van der Waals surface area contributed by atoms with Crippen LogP contribution in [-0.2, 0) is 21.0 Å². The van der Waals surface area contributed by atoms with E-state index in [1.54, 1.807) is 6.20 Å². The monoisotopic (exact) mass is 387 g/mol. The summed E-state index contributed by atoms with van der Waals surface area (Å²) in [6, 6.07) is 4.92. The molecule has 2 saturated carbocycles. The summed E-state index contributed by atoms with van der Waals surface area (Å²) in [6.45, 7) is 1.94. The number of hydrogen-bond donors (Lipinski definition) is 1. The summed E-state index contributed by atoms with van der Waals surface area (Å²) in [5.41, 5.74) is 1.60. The van der Waals surface area contributed by atoms with Crippen LogP contribution in [0.5, 0.6) is 0 Å². The summed E-state index contributed by atoms with van der Waals surface area (Å²) in [7, 11) is -3.22. The highest BCUT2D eigenvalue weighted by atomic mass is 32.2. The van der Waals surface area contributed by atoms with Crippen molar-refractivity contribution in [3.05, 3.63) is 47.4 Å². The molecule has 140 valence electrons. The van der Waals surface area contributed by atoms with Crippen molar-refractivity contribution in [3.8, 4) is 0 Å². The average molecular weight is 387 g/mol. The van der Waals surface area contributed by atoms with Gasteiger partial charge in [-0.3, -0.25) is 4.79 Å². The van der Waals surface area contributed by atoms with Crippen LogP contribution in [0.2, 0.25) is 0 Å². The van der Waals surface area contributed by atoms with Crippen LogP contribution >= 0.6 is 0 Å². The molecular weight excluding hydrogens is 370 g/mol. The first-order valence-electron chi connectivity index (χ1n) is 8.52. The van der Waals surface area contributed by atoms with E-state index in [2.05, 4.69) is 15.3 Å². The zero-order chi connectivity index (χ0) is 19.0. The molecule has 1 N–H and O–H groups in total. The number of hydrogen-bond acceptors (Lipinski definition) is 7. The number of fused-ring (bicyclic) bond motifs is 2. The highest BCUT2D eigenvalue weighted by molar-refractivity contribution is 7.89. The van der Waals surface area contributed by atoms with Crippen molar-refractivity contribution in [2.24, 2.45) is 0 Å². The third-order valence-electron chi connectivity index (χ3n) is 5.31. The fraction of sp³-hybridized carbons (Fsp3) is 0.389. The van der Waals surface area contributed by atoms with E-state index in [9.17, 15) is 13.2 Å². The van der Waals surface area contributed by atoms with Crippen LogP contribution in [0.25, 0.3) is 11.2 Å². The number of sulfone groups is 1. The number of aromatic nitrogens is 2. The lowest BCUT2D eigenvalue weighted by atomic mass is 10.2. The number of rotatable bonds is 5. The predicted molar refractivity (Wildman–Crippen MR) is 94.9 cm³/mol. The largest absolute Gasteiger partial charge is 0.455 e. The molecule has 0 radical (unpaired) electrons. The lowest BCUT2D eigenvalue weighted by Crippen LogP contribution is -2.30. The van der Waals surface area contributed by atoms with Crippen LogP contribution in [0.1, 0.15) is 40.6 Å². The van der Waals surface area contributed by atoms with Gasteiger partial charge in [0.2, 0.25) is 11.6 Å². The Labute approximate surface area is 154 Å². The number of amides is 1. The van der Waals surface area contributed by atoms with Crippen molar-refractivity contribution >= 4 is 27.0 Å². The zero-order valence-corrected chi connectivity index (χ0v) is 15.6. The van der Waals surface area contributed by atoms with Gasteiger partial charge < -0.3 is 14.2 Å². The van der Waals surface area contributed by atoms with Crippen LogP contribution in [0, 0.1) is 6.92 Å². The van der Waals surface area contributed by atoms with Gasteiger partial charge in [0.05, 0.1) is 11.0 Å². The second-order valence-electron chi connectivity index (χ2n) is 7.66. The number of carbonyl (C=O) groups excluding carboxylic acids is 1. The van der Waals surface area contributed by atoms with Gasteiger partial charge >= 0.3 is 0 Å². The highest BCUT2D eigenvalue weighted by Gasteiger charge is 2.87. The van der Waals surface area contributed by atoms with Crippen LogP contribution in [-0.4, -0.2) is 36.1 Å². The number of oxazole rings is 1. The third kappa shape index (κ3) is 2.56. The molecule has 9 heteroatoms. The van der Waals surface area contributed by atoms with E-state index in [0.717, 1.165) is 30.2 Å². The van der Waals surface area contributed by atoms with Gasteiger partial charge in [0, 0.05) is 12.5 Å². The summed E-state index contributed by atoms with van der Waals surface area (Å²) >= 11 is 0. The van der Waals surface area contributed by atoms with Crippen LogP contribution < -0.4 is 5.32 Å². The summed E-state index contributed by atoms with van der Waals surface area (Å²) in [5, 5.41) is 2.99. The van der Waals surface area contributed by atoms with Gasteiger partial charge in [0.1, 0.15) is 17.0 Å². The van der Waals surface area contributed by atoms with Crippen molar-refractivity contribution in [1.82, 2.24) is 15.3 Å². The SMILES string of the molecule is Cc1cnc2oc(C34CC3(NC(=O)c3ccc(CS(C)(=O)=O)o3)C4)nc2c1. The maximum Gasteiger partial charge on any atom is 0.287 e. The molecule has 0 aromatic carbocycles. The standard InChI is InChI=1S/C18H17N3O5S/c1-10-5-12-15(19-6-10)26-16(20-12)17-8-18(17,9-17)21-14(22)13-4-3-11(25-13)7-27(2,23)24/h3-6H,7-9H2,1-2H3,(H,21,22). The van der Waals surface area contributed by atoms with Crippen molar-refractivity contribution in [3.63, 3.8) is 0 Å². The van der Waals surface area contributed by atoms with Crippen molar-refractivity contribution < 1.29 is 22.0 Å². The minimum Gasteiger partial charge on any atom is -0.455 e. The third-order valence-corrected chi connectivity index (χ3v) is 6.12. The fourth-order valence-corrected chi connectivity index (χ4v) is 4.37. The first-order valence-corrected chi connectivity index (χ1v) is 10.6. The van der Waals surface area contributed by atoms with Crippen LogP contribution in [0.15, 0.2) is 33.2 Å². The lowest BCUT2D eigenvalue weighted by molar-refractivity contribution is 0.0912. The molecule has 3 aromatic heterocycles. The number of carbonyl (C=O) groups is 1. The highest BCUT2D eigenvalue weighted by Crippen LogP contribution is 2.78. The van der Waals surface area contributed by atoms with Gasteiger partial charge in [-0.1, -0.05) is 0 Å². The Balaban J connectivity index is 1.32. The first kappa shape index (κ1) is 16.5. The van der Waals surface area contributed by atoms with Gasteiger partial charge in [0.25, 0.3) is 5.91 Å². The normalized spacial score (nSPS) is 26.0. The molecule has 8 nitrogen and oxygen atoms in total. The molecule has 0 atom stereocenters. The predicted octanol–water partition coefficient (Wildman–Crippen LogP) is 1.88. The molecule has 0 spiro atoms. The number of nitrogens with zero attached hydrogens (tertiary/aromatic N) is 2. The van der Waals surface area contributed by atoms with Gasteiger partial charge in [-0.15, -0.1) is 0 Å². The summed E-state index contributed by atoms with van der Waals surface area (Å²) in [5.74, 6) is 0.362. The molecule has 0 aliphatic heterocycles. The Morgan fingerprint density at radius 1 is 1.30 bits per heavy atom. The average Bonchev–Trinajstić information content (AvgIpc) is 3.13. The smallest absolute Gasteiger partial charge is 0.287 e. The molecule has 0 saturated heterocycles. The Kier molecular flexibility index (Phi) is 3.04. The Bertz CT molecular complexity index is 1200. The van der Waals surface area contributed by atoms with Gasteiger partial charge in [-0.05, 0) is 43.5 Å². The Morgan fingerprint density at radius 3 is 2.81 bits per heavy atom. The molecule has 2 aliphatic carbocycles. The number of nitrogens with one attached hydrogen (secondary N) is 1. The van der Waals surface area contributed by atoms with E-state index < -0.39 is 9.84 Å². The van der Waals surface area contributed by atoms with Crippen molar-refractivity contribution in [2.75, 3.05) is 6.26 Å². The van der Waals surface area contributed by atoms with Gasteiger partial charge in [-0.25, -0.2) is 18.4 Å². The molecule has 5 rings (SSSR count). The van der Waals surface area contributed by atoms with Crippen molar-refractivity contribution in [1.29, 1.82) is 0 Å². The molecule has 2 fully saturated rings. The minimum absolute atomic E-state index is 0.102. The van der Waals surface area contributed by atoms with Gasteiger partial charge in [-0.2, -0.15) is 0 Å². The van der Waals surface area contributed by atoms with Crippen LogP contribution in [0.3, 0.4) is 0 Å². The summed E-state index contributed by atoms with van der Waals surface area (Å²) < 4.78 is 33.8. The molecule has 27 heavy (non-hydrogen) atoms. The quantitative estimate of drug-likeness (QED) is 0.711. The maximum absolute atomic E-state index is 12.5. The Hall–Kier alpha value is -2.68. The number of aryl methyl sites for hydroxylation is 1. The molecule has 0 unspecified atom stereocenters. The summed E-state index contributed by atoms with van der Waals surface area (Å²) in [6.07, 6.45) is 4.37. The molecule has 0 bridgehead atoms. The number of furan rings is 1. The second-order valence-corrected chi connectivity index (χ2v) is 9.80. The van der Waals surface area contributed by atoms with E-state index >= 15 is 0 Å². The van der Waals surface area contributed by atoms with Crippen LogP contribution in [0.4, 0.5) is 0 Å². The first-order chi connectivity index (χ1) is 12.7. The van der Waals surface area contributed by atoms with Gasteiger partial charge in [0.15, 0.2) is 15.6 Å². The van der Waals surface area contributed by atoms with E-state index in [1.165, 1.54) is 12.1 Å². The molecule has 3 heterocycles. The van der Waals surface area contributed by atoms with E-state index in [-0.39, 0.29) is 34.1 Å². The van der Waals surface area contributed by atoms with E-state index in [1.807, 2.05) is 13.0 Å². The molecular formula is C18H17N3O5S. The molecule has 2 aliphatic rings. The van der Waals surface area contributed by atoms with Crippen molar-refractivity contribution in [2.45, 2.75) is 36.5 Å². The number of pyridine rings is 1. The zero-order valence-electron chi connectivity index (χ0n) is 14.8. The fourth-order valence-electron chi connectivity index (χ4n) is 3.70.